The standard InChI is InChI=1S/C17H36/c1-8-15(5)17(7)16(6)12-14(4)11-9-10-13(2)3/h13-17H,8-12H2,1-7H3. The van der Waals surface area contributed by atoms with Gasteiger partial charge in [-0.1, -0.05) is 74.1 Å². The maximum absolute atomic E-state index is 2.45. The van der Waals surface area contributed by atoms with Crippen LogP contribution < -0.4 is 0 Å². The summed E-state index contributed by atoms with van der Waals surface area (Å²) < 4.78 is 0. The monoisotopic (exact) mass is 240 g/mol. The summed E-state index contributed by atoms with van der Waals surface area (Å²) in [5.41, 5.74) is 0. The summed E-state index contributed by atoms with van der Waals surface area (Å²) in [4.78, 5) is 0. The van der Waals surface area contributed by atoms with Gasteiger partial charge in [-0.2, -0.15) is 0 Å². The first-order valence-electron chi connectivity index (χ1n) is 7.88. The summed E-state index contributed by atoms with van der Waals surface area (Å²) in [5, 5.41) is 0. The first kappa shape index (κ1) is 17.0. The molecule has 0 nitrogen and oxygen atoms in total. The van der Waals surface area contributed by atoms with Crippen molar-refractivity contribution in [1.29, 1.82) is 0 Å². The van der Waals surface area contributed by atoms with Gasteiger partial charge < -0.3 is 0 Å². The smallest absolute Gasteiger partial charge is 0.0391 e. The van der Waals surface area contributed by atoms with E-state index in [2.05, 4.69) is 48.5 Å². The molecule has 0 amide bonds. The average Bonchev–Trinajstić information content (AvgIpc) is 2.26. The molecular formula is C17H36. The quantitative estimate of drug-likeness (QED) is 0.453. The third kappa shape index (κ3) is 7.84. The van der Waals surface area contributed by atoms with Crippen LogP contribution in [0.15, 0.2) is 0 Å². The van der Waals surface area contributed by atoms with Crippen LogP contribution in [0.1, 0.15) is 80.6 Å². The molecule has 0 aromatic heterocycles. The average molecular weight is 240 g/mol. The maximum Gasteiger partial charge on any atom is -0.0391 e. The number of hydrogen-bond donors (Lipinski definition) is 0. The minimum Gasteiger partial charge on any atom is -0.0651 e. The van der Waals surface area contributed by atoms with Crippen molar-refractivity contribution < 1.29 is 0 Å². The lowest BCUT2D eigenvalue weighted by Gasteiger charge is -2.27. The van der Waals surface area contributed by atoms with Gasteiger partial charge in [0.15, 0.2) is 0 Å². The highest BCUT2D eigenvalue weighted by atomic mass is 14.2. The Balaban J connectivity index is 3.82. The molecule has 0 saturated carbocycles. The van der Waals surface area contributed by atoms with Crippen molar-refractivity contribution in [1.82, 2.24) is 0 Å². The van der Waals surface area contributed by atoms with Crippen molar-refractivity contribution in [2.75, 3.05) is 0 Å². The minimum atomic E-state index is 0.874. The van der Waals surface area contributed by atoms with Crippen LogP contribution in [0.5, 0.6) is 0 Å². The number of hydrogen-bond acceptors (Lipinski definition) is 0. The molecule has 0 aliphatic carbocycles. The van der Waals surface area contributed by atoms with E-state index >= 15 is 0 Å². The fourth-order valence-corrected chi connectivity index (χ4v) is 2.77. The van der Waals surface area contributed by atoms with Gasteiger partial charge in [-0.05, 0) is 36.0 Å². The molecular weight excluding hydrogens is 204 g/mol. The minimum absolute atomic E-state index is 0.874. The predicted molar refractivity (Wildman–Crippen MR) is 80.3 cm³/mol. The van der Waals surface area contributed by atoms with Gasteiger partial charge >= 0.3 is 0 Å². The molecule has 0 aromatic rings. The third-order valence-electron chi connectivity index (χ3n) is 4.69. The Labute approximate surface area is 111 Å². The lowest BCUT2D eigenvalue weighted by molar-refractivity contribution is 0.230. The molecule has 0 radical (unpaired) electrons. The van der Waals surface area contributed by atoms with E-state index in [1.165, 1.54) is 32.1 Å². The highest BCUT2D eigenvalue weighted by Gasteiger charge is 2.19. The zero-order valence-corrected chi connectivity index (χ0v) is 13.4. The van der Waals surface area contributed by atoms with E-state index in [0.717, 1.165) is 29.6 Å². The van der Waals surface area contributed by atoms with E-state index in [9.17, 15) is 0 Å². The van der Waals surface area contributed by atoms with E-state index < -0.39 is 0 Å². The molecule has 17 heavy (non-hydrogen) atoms. The van der Waals surface area contributed by atoms with E-state index in [1.807, 2.05) is 0 Å². The van der Waals surface area contributed by atoms with Gasteiger partial charge in [0, 0.05) is 0 Å². The molecule has 0 aromatic carbocycles. The first-order chi connectivity index (χ1) is 7.88. The molecule has 0 bridgehead atoms. The molecule has 0 heterocycles. The Kier molecular flexibility index (Phi) is 9.00. The molecule has 4 unspecified atom stereocenters. The molecule has 4 atom stereocenters. The van der Waals surface area contributed by atoms with Crippen molar-refractivity contribution >= 4 is 0 Å². The van der Waals surface area contributed by atoms with E-state index in [0.29, 0.717) is 0 Å². The van der Waals surface area contributed by atoms with Gasteiger partial charge in [-0.25, -0.2) is 0 Å². The summed E-state index contributed by atoms with van der Waals surface area (Å²) in [7, 11) is 0. The van der Waals surface area contributed by atoms with Crippen molar-refractivity contribution in [2.24, 2.45) is 29.6 Å². The highest BCUT2D eigenvalue weighted by molar-refractivity contribution is 4.70. The van der Waals surface area contributed by atoms with Crippen LogP contribution >= 0.6 is 0 Å². The van der Waals surface area contributed by atoms with Gasteiger partial charge in [0.2, 0.25) is 0 Å². The lowest BCUT2D eigenvalue weighted by atomic mass is 9.78. The Hall–Kier alpha value is 0. The molecule has 0 spiro atoms. The highest BCUT2D eigenvalue weighted by Crippen LogP contribution is 2.29. The fraction of sp³-hybridized carbons (Fsp3) is 1.00. The first-order valence-corrected chi connectivity index (χ1v) is 7.88. The zero-order valence-electron chi connectivity index (χ0n) is 13.4. The molecule has 0 heteroatoms. The molecule has 0 aliphatic rings. The molecule has 0 N–H and O–H groups in total. The summed E-state index contributed by atoms with van der Waals surface area (Å²) in [6.45, 7) is 16.7. The Bertz CT molecular complexity index is 171. The third-order valence-corrected chi connectivity index (χ3v) is 4.69. The van der Waals surface area contributed by atoms with Crippen LogP contribution in [-0.2, 0) is 0 Å². The number of rotatable bonds is 9. The molecule has 0 fully saturated rings. The lowest BCUT2D eigenvalue weighted by Crippen LogP contribution is -2.18. The Morgan fingerprint density at radius 3 is 1.82 bits per heavy atom. The van der Waals surface area contributed by atoms with Crippen molar-refractivity contribution in [3.63, 3.8) is 0 Å². The van der Waals surface area contributed by atoms with Crippen LogP contribution in [0.25, 0.3) is 0 Å². The van der Waals surface area contributed by atoms with Crippen LogP contribution in [0.4, 0.5) is 0 Å². The van der Waals surface area contributed by atoms with Crippen molar-refractivity contribution in [3.8, 4) is 0 Å². The Morgan fingerprint density at radius 1 is 0.765 bits per heavy atom. The SMILES string of the molecule is CCC(C)C(C)C(C)CC(C)CCCC(C)C. The largest absolute Gasteiger partial charge is 0.0651 e. The van der Waals surface area contributed by atoms with Crippen molar-refractivity contribution in [2.45, 2.75) is 80.6 Å². The molecule has 0 rings (SSSR count). The molecule has 0 aliphatic heterocycles. The second kappa shape index (κ2) is 9.00. The summed E-state index contributed by atoms with van der Waals surface area (Å²) in [5.74, 6) is 4.44. The van der Waals surface area contributed by atoms with E-state index in [1.54, 1.807) is 0 Å². The van der Waals surface area contributed by atoms with Crippen LogP contribution in [-0.4, -0.2) is 0 Å². The van der Waals surface area contributed by atoms with Gasteiger partial charge in [-0.15, -0.1) is 0 Å². The van der Waals surface area contributed by atoms with Crippen LogP contribution in [0, 0.1) is 29.6 Å². The summed E-state index contributed by atoms with van der Waals surface area (Å²) >= 11 is 0. The summed E-state index contributed by atoms with van der Waals surface area (Å²) in [6.07, 6.45) is 7.00. The van der Waals surface area contributed by atoms with Crippen molar-refractivity contribution in [3.05, 3.63) is 0 Å². The van der Waals surface area contributed by atoms with E-state index in [4.69, 9.17) is 0 Å². The second-order valence-electron chi connectivity index (χ2n) is 6.89. The maximum atomic E-state index is 2.45. The molecule has 104 valence electrons. The van der Waals surface area contributed by atoms with Crippen LogP contribution in [0.2, 0.25) is 0 Å². The normalized spacial score (nSPS) is 19.1. The fourth-order valence-electron chi connectivity index (χ4n) is 2.77. The Morgan fingerprint density at radius 2 is 1.35 bits per heavy atom. The zero-order chi connectivity index (χ0) is 13.4. The van der Waals surface area contributed by atoms with Gasteiger partial charge in [-0.3, -0.25) is 0 Å². The van der Waals surface area contributed by atoms with Gasteiger partial charge in [0.25, 0.3) is 0 Å². The van der Waals surface area contributed by atoms with Gasteiger partial charge in [0.05, 0.1) is 0 Å². The van der Waals surface area contributed by atoms with E-state index in [-0.39, 0.29) is 0 Å². The topological polar surface area (TPSA) is 0 Å². The van der Waals surface area contributed by atoms with Gasteiger partial charge in [0.1, 0.15) is 0 Å². The van der Waals surface area contributed by atoms with Crippen LogP contribution in [0.3, 0.4) is 0 Å². The predicted octanol–water partition coefficient (Wildman–Crippen LogP) is 6.16. The molecule has 0 saturated heterocycles. The second-order valence-corrected chi connectivity index (χ2v) is 6.89. The summed E-state index contributed by atoms with van der Waals surface area (Å²) in [6, 6.07) is 0.